The van der Waals surface area contributed by atoms with Gasteiger partial charge in [-0.2, -0.15) is 0 Å². The highest BCUT2D eigenvalue weighted by Crippen LogP contribution is 2.19. The fourth-order valence-electron chi connectivity index (χ4n) is 1.40. The Hall–Kier alpha value is -2.25. The summed E-state index contributed by atoms with van der Waals surface area (Å²) in [6.07, 6.45) is 0.108. The average Bonchev–Trinajstić information content (AvgIpc) is 2.38. The summed E-state index contributed by atoms with van der Waals surface area (Å²) in [5.74, 6) is -5.51. The third-order valence-corrected chi connectivity index (χ3v) is 2.51. The van der Waals surface area contributed by atoms with Crippen LogP contribution in [0.15, 0.2) is 12.1 Å². The maximum Gasteiger partial charge on any atom is 0.321 e. The van der Waals surface area contributed by atoms with Crippen LogP contribution in [-0.4, -0.2) is 35.6 Å². The molecule has 0 unspecified atom stereocenters. The third kappa shape index (κ3) is 4.15. The zero-order chi connectivity index (χ0) is 15.3. The number of urea groups is 1. The number of nitrogens with zero attached hydrogens (tertiary/aromatic N) is 1. The molecule has 0 aliphatic carbocycles. The SMILES string of the molecule is CN(CCCC(=O)O)C(=O)Nc1ccc(F)c(F)c1F. The van der Waals surface area contributed by atoms with Gasteiger partial charge in [0, 0.05) is 20.0 Å². The molecule has 0 radical (unpaired) electrons. The third-order valence-electron chi connectivity index (χ3n) is 2.51. The molecule has 0 fully saturated rings. The number of hydrogen-bond donors (Lipinski definition) is 2. The smallest absolute Gasteiger partial charge is 0.321 e. The van der Waals surface area contributed by atoms with E-state index in [1.54, 1.807) is 0 Å². The number of carbonyl (C=O) groups is 2. The van der Waals surface area contributed by atoms with Crippen LogP contribution in [-0.2, 0) is 4.79 Å². The van der Waals surface area contributed by atoms with Crippen molar-refractivity contribution < 1.29 is 27.9 Å². The molecule has 0 aliphatic rings. The number of carboxylic acids is 1. The molecular weight excluding hydrogens is 277 g/mol. The fourth-order valence-corrected chi connectivity index (χ4v) is 1.40. The topological polar surface area (TPSA) is 69.6 Å². The van der Waals surface area contributed by atoms with Gasteiger partial charge >= 0.3 is 12.0 Å². The molecule has 0 bridgehead atoms. The lowest BCUT2D eigenvalue weighted by Gasteiger charge is -2.17. The highest BCUT2D eigenvalue weighted by molar-refractivity contribution is 5.89. The highest BCUT2D eigenvalue weighted by atomic mass is 19.2. The van der Waals surface area contributed by atoms with Crippen LogP contribution < -0.4 is 5.32 Å². The summed E-state index contributed by atoms with van der Waals surface area (Å²) in [5, 5.41) is 10.5. The number of rotatable bonds is 5. The van der Waals surface area contributed by atoms with Crippen molar-refractivity contribution >= 4 is 17.7 Å². The van der Waals surface area contributed by atoms with E-state index in [1.807, 2.05) is 0 Å². The summed E-state index contributed by atoms with van der Waals surface area (Å²) in [5.41, 5.74) is -0.487. The number of aliphatic carboxylic acids is 1. The second-order valence-electron chi connectivity index (χ2n) is 4.07. The summed E-state index contributed by atoms with van der Waals surface area (Å²) in [7, 11) is 1.37. The van der Waals surface area contributed by atoms with Gasteiger partial charge in [-0.05, 0) is 18.6 Å². The van der Waals surface area contributed by atoms with E-state index in [4.69, 9.17) is 5.11 Å². The van der Waals surface area contributed by atoms with Crippen LogP contribution in [0.3, 0.4) is 0 Å². The van der Waals surface area contributed by atoms with E-state index in [9.17, 15) is 22.8 Å². The summed E-state index contributed by atoms with van der Waals surface area (Å²) in [4.78, 5) is 23.0. The van der Waals surface area contributed by atoms with Gasteiger partial charge in [0.15, 0.2) is 17.5 Å². The molecule has 0 spiro atoms. The number of carboxylic acid groups (broad SMARTS) is 1. The van der Waals surface area contributed by atoms with E-state index in [2.05, 4.69) is 5.32 Å². The standard InChI is InChI=1S/C12H13F3N2O3/c1-17(6-2-3-9(18)19)12(20)16-8-5-4-7(13)10(14)11(8)15/h4-5H,2-3,6H2,1H3,(H,16,20)(H,18,19). The van der Waals surface area contributed by atoms with E-state index in [0.29, 0.717) is 6.07 Å². The lowest BCUT2D eigenvalue weighted by atomic mass is 10.3. The van der Waals surface area contributed by atoms with Crippen LogP contribution in [0.4, 0.5) is 23.7 Å². The lowest BCUT2D eigenvalue weighted by Crippen LogP contribution is -2.32. The zero-order valence-electron chi connectivity index (χ0n) is 10.6. The van der Waals surface area contributed by atoms with E-state index >= 15 is 0 Å². The molecular formula is C12H13F3N2O3. The van der Waals surface area contributed by atoms with Gasteiger partial charge in [0.05, 0.1) is 5.69 Å². The first-order chi connectivity index (χ1) is 9.32. The van der Waals surface area contributed by atoms with Crippen LogP contribution in [0.5, 0.6) is 0 Å². The Morgan fingerprint density at radius 3 is 2.50 bits per heavy atom. The quantitative estimate of drug-likeness (QED) is 0.818. The summed E-state index contributed by atoms with van der Waals surface area (Å²) in [6, 6.07) is 0.843. The van der Waals surface area contributed by atoms with E-state index in [1.165, 1.54) is 7.05 Å². The minimum atomic E-state index is -1.67. The monoisotopic (exact) mass is 290 g/mol. The Morgan fingerprint density at radius 2 is 1.90 bits per heavy atom. The van der Waals surface area contributed by atoms with Crippen LogP contribution in [0, 0.1) is 17.5 Å². The van der Waals surface area contributed by atoms with Crippen LogP contribution in [0.1, 0.15) is 12.8 Å². The summed E-state index contributed by atoms with van der Waals surface area (Å²) < 4.78 is 39.0. The maximum atomic E-state index is 13.3. The van der Waals surface area contributed by atoms with Crippen molar-refractivity contribution in [2.75, 3.05) is 18.9 Å². The molecule has 2 N–H and O–H groups in total. The predicted molar refractivity (Wildman–Crippen MR) is 64.8 cm³/mol. The number of anilines is 1. The van der Waals surface area contributed by atoms with Crippen molar-refractivity contribution in [3.8, 4) is 0 Å². The number of amides is 2. The summed E-state index contributed by atoms with van der Waals surface area (Å²) in [6.45, 7) is 0.128. The summed E-state index contributed by atoms with van der Waals surface area (Å²) >= 11 is 0. The van der Waals surface area contributed by atoms with Gasteiger partial charge in [0.2, 0.25) is 0 Å². The lowest BCUT2D eigenvalue weighted by molar-refractivity contribution is -0.137. The van der Waals surface area contributed by atoms with E-state index in [-0.39, 0.29) is 19.4 Å². The molecule has 20 heavy (non-hydrogen) atoms. The molecule has 1 rings (SSSR count). The Bertz CT molecular complexity index is 523. The average molecular weight is 290 g/mol. The molecule has 0 saturated heterocycles. The number of nitrogens with one attached hydrogen (secondary N) is 1. The molecule has 1 aromatic rings. The Kier molecular flexibility index (Phi) is 5.36. The molecule has 5 nitrogen and oxygen atoms in total. The van der Waals surface area contributed by atoms with E-state index in [0.717, 1.165) is 11.0 Å². The first-order valence-electron chi connectivity index (χ1n) is 5.70. The molecule has 110 valence electrons. The van der Waals surface area contributed by atoms with Gasteiger partial charge in [-0.15, -0.1) is 0 Å². The van der Waals surface area contributed by atoms with Crippen molar-refractivity contribution in [2.45, 2.75) is 12.8 Å². The van der Waals surface area contributed by atoms with Crippen molar-refractivity contribution in [2.24, 2.45) is 0 Å². The molecule has 0 aromatic heterocycles. The second kappa shape index (κ2) is 6.78. The largest absolute Gasteiger partial charge is 0.481 e. The highest BCUT2D eigenvalue weighted by Gasteiger charge is 2.16. The van der Waals surface area contributed by atoms with Gasteiger partial charge < -0.3 is 15.3 Å². The van der Waals surface area contributed by atoms with Gasteiger partial charge in [-0.1, -0.05) is 0 Å². The molecule has 0 heterocycles. The maximum absolute atomic E-state index is 13.3. The zero-order valence-corrected chi connectivity index (χ0v) is 10.6. The first kappa shape index (κ1) is 15.8. The first-order valence-corrected chi connectivity index (χ1v) is 5.70. The number of benzene rings is 1. The molecule has 0 aliphatic heterocycles. The van der Waals surface area contributed by atoms with Gasteiger partial charge in [0.25, 0.3) is 0 Å². The number of carbonyl (C=O) groups excluding carboxylic acids is 1. The fraction of sp³-hybridized carbons (Fsp3) is 0.333. The molecule has 0 atom stereocenters. The molecule has 1 aromatic carbocycles. The molecule has 2 amide bonds. The van der Waals surface area contributed by atoms with Crippen molar-refractivity contribution in [3.05, 3.63) is 29.6 Å². The molecule has 8 heteroatoms. The predicted octanol–water partition coefficient (Wildman–Crippen LogP) is 2.43. The van der Waals surface area contributed by atoms with E-state index < -0.39 is 35.1 Å². The minimum Gasteiger partial charge on any atom is -0.481 e. The van der Waals surface area contributed by atoms with Crippen molar-refractivity contribution in [3.63, 3.8) is 0 Å². The number of halogens is 3. The Balaban J connectivity index is 2.62. The van der Waals surface area contributed by atoms with Gasteiger partial charge in [0.1, 0.15) is 0 Å². The van der Waals surface area contributed by atoms with Crippen LogP contribution in [0.25, 0.3) is 0 Å². The second-order valence-corrected chi connectivity index (χ2v) is 4.07. The Morgan fingerprint density at radius 1 is 1.25 bits per heavy atom. The van der Waals surface area contributed by atoms with Crippen molar-refractivity contribution in [1.29, 1.82) is 0 Å². The minimum absolute atomic E-state index is 0.114. The normalized spacial score (nSPS) is 10.2. The van der Waals surface area contributed by atoms with Gasteiger partial charge in [-0.3, -0.25) is 4.79 Å². The van der Waals surface area contributed by atoms with Crippen LogP contribution >= 0.6 is 0 Å². The van der Waals surface area contributed by atoms with Crippen molar-refractivity contribution in [1.82, 2.24) is 4.90 Å². The number of hydrogen-bond acceptors (Lipinski definition) is 2. The van der Waals surface area contributed by atoms with Crippen LogP contribution in [0.2, 0.25) is 0 Å². The Labute approximate surface area is 113 Å². The van der Waals surface area contributed by atoms with Gasteiger partial charge in [-0.25, -0.2) is 18.0 Å². The molecule has 0 saturated carbocycles.